The Morgan fingerprint density at radius 1 is 1.06 bits per heavy atom. The number of carbonyl (C=O) groups excluding carboxylic acids is 2. The van der Waals surface area contributed by atoms with Crippen molar-refractivity contribution in [2.45, 2.75) is 6.42 Å². The highest BCUT2D eigenvalue weighted by molar-refractivity contribution is 5.92. The van der Waals surface area contributed by atoms with Crippen molar-refractivity contribution in [3.63, 3.8) is 0 Å². The monoisotopic (exact) mass is 235 g/mol. The summed E-state index contributed by atoms with van der Waals surface area (Å²) >= 11 is 0. The van der Waals surface area contributed by atoms with Crippen LogP contribution in [0.1, 0.15) is 5.56 Å². The van der Waals surface area contributed by atoms with Gasteiger partial charge in [-0.05, 0) is 24.7 Å². The molecule has 0 radical (unpaired) electrons. The van der Waals surface area contributed by atoms with Crippen molar-refractivity contribution in [1.29, 1.82) is 0 Å². The molecule has 5 nitrogen and oxygen atoms in total. The Morgan fingerprint density at radius 3 is 2.24 bits per heavy atom. The number of nitrogens with one attached hydrogen (secondary N) is 3. The number of likely N-dealkylation sites (N-methyl/N-ethyl adjacent to an activating group) is 2. The fourth-order valence-corrected chi connectivity index (χ4v) is 1.35. The predicted octanol–water partition coefficient (Wildman–Crippen LogP) is 0.133. The summed E-state index contributed by atoms with van der Waals surface area (Å²) in [7, 11) is 3.32. The van der Waals surface area contributed by atoms with E-state index in [9.17, 15) is 9.59 Å². The van der Waals surface area contributed by atoms with E-state index in [0.717, 1.165) is 11.3 Å². The van der Waals surface area contributed by atoms with E-state index in [1.54, 1.807) is 26.2 Å². The third kappa shape index (κ3) is 4.65. The quantitative estimate of drug-likeness (QED) is 0.679. The largest absolute Gasteiger partial charge is 0.359 e. The predicted molar refractivity (Wildman–Crippen MR) is 66.8 cm³/mol. The maximum Gasteiger partial charge on any atom is 0.238 e. The van der Waals surface area contributed by atoms with Gasteiger partial charge in [0.15, 0.2) is 0 Å². The normalized spacial score (nSPS) is 9.76. The van der Waals surface area contributed by atoms with Gasteiger partial charge in [0.05, 0.1) is 13.0 Å². The highest BCUT2D eigenvalue weighted by Gasteiger charge is 2.02. The second-order valence-electron chi connectivity index (χ2n) is 3.63. The molecule has 0 aromatic heterocycles. The van der Waals surface area contributed by atoms with Gasteiger partial charge in [-0.3, -0.25) is 9.59 Å². The zero-order chi connectivity index (χ0) is 12.7. The summed E-state index contributed by atoms with van der Waals surface area (Å²) in [6.45, 7) is 0.278. The molecule has 0 spiro atoms. The van der Waals surface area contributed by atoms with E-state index in [1.165, 1.54) is 0 Å². The molecule has 0 atom stereocenters. The third-order valence-electron chi connectivity index (χ3n) is 2.22. The van der Waals surface area contributed by atoms with Gasteiger partial charge < -0.3 is 16.0 Å². The van der Waals surface area contributed by atoms with Crippen molar-refractivity contribution in [1.82, 2.24) is 10.6 Å². The zero-order valence-corrected chi connectivity index (χ0v) is 10.0. The van der Waals surface area contributed by atoms with E-state index in [2.05, 4.69) is 16.0 Å². The van der Waals surface area contributed by atoms with Gasteiger partial charge in [-0.1, -0.05) is 12.1 Å². The van der Waals surface area contributed by atoms with Crippen LogP contribution in [0.4, 0.5) is 5.69 Å². The molecule has 0 saturated carbocycles. The second kappa shape index (κ2) is 6.65. The lowest BCUT2D eigenvalue weighted by Crippen LogP contribution is -2.25. The molecule has 5 heteroatoms. The van der Waals surface area contributed by atoms with Gasteiger partial charge in [-0.2, -0.15) is 0 Å². The van der Waals surface area contributed by atoms with E-state index in [-0.39, 0.29) is 18.4 Å². The lowest BCUT2D eigenvalue weighted by Gasteiger charge is -2.06. The van der Waals surface area contributed by atoms with Gasteiger partial charge in [-0.25, -0.2) is 0 Å². The number of hydrogen-bond acceptors (Lipinski definition) is 3. The molecule has 0 aliphatic rings. The van der Waals surface area contributed by atoms with Crippen LogP contribution in [0.2, 0.25) is 0 Å². The van der Waals surface area contributed by atoms with Crippen molar-refractivity contribution >= 4 is 17.5 Å². The molecule has 1 rings (SSSR count). The van der Waals surface area contributed by atoms with Crippen molar-refractivity contribution in [3.05, 3.63) is 29.8 Å². The number of hydrogen-bond donors (Lipinski definition) is 3. The van der Waals surface area contributed by atoms with Gasteiger partial charge in [0, 0.05) is 12.7 Å². The van der Waals surface area contributed by atoms with E-state index in [1.807, 2.05) is 12.1 Å². The minimum Gasteiger partial charge on any atom is -0.359 e. The molecule has 1 aromatic rings. The van der Waals surface area contributed by atoms with Crippen LogP contribution < -0.4 is 16.0 Å². The number of benzene rings is 1. The molecular weight excluding hydrogens is 218 g/mol. The summed E-state index contributed by atoms with van der Waals surface area (Å²) in [5.74, 6) is -0.122. The molecule has 0 bridgehead atoms. The Bertz CT molecular complexity index is 387. The molecule has 0 saturated heterocycles. The summed E-state index contributed by atoms with van der Waals surface area (Å²) < 4.78 is 0. The Labute approximate surface area is 101 Å². The fraction of sp³-hybridized carbons (Fsp3) is 0.333. The molecule has 0 heterocycles. The summed E-state index contributed by atoms with van der Waals surface area (Å²) in [6, 6.07) is 7.21. The maximum absolute atomic E-state index is 11.3. The number of amides is 2. The minimum atomic E-state index is -0.0912. The van der Waals surface area contributed by atoms with Gasteiger partial charge in [-0.15, -0.1) is 0 Å². The topological polar surface area (TPSA) is 70.2 Å². The lowest BCUT2D eigenvalue weighted by molar-refractivity contribution is -0.120. The molecular formula is C12H17N3O2. The molecule has 0 aliphatic carbocycles. The lowest BCUT2D eigenvalue weighted by atomic mass is 10.1. The Morgan fingerprint density at radius 2 is 1.71 bits per heavy atom. The minimum absolute atomic E-state index is 0.0306. The molecule has 0 fully saturated rings. The molecule has 0 aliphatic heterocycles. The van der Waals surface area contributed by atoms with Crippen LogP contribution in [-0.2, 0) is 16.0 Å². The molecule has 17 heavy (non-hydrogen) atoms. The average molecular weight is 235 g/mol. The van der Waals surface area contributed by atoms with Crippen molar-refractivity contribution in [2.75, 3.05) is 26.0 Å². The van der Waals surface area contributed by atoms with E-state index in [4.69, 9.17) is 0 Å². The first-order valence-electron chi connectivity index (χ1n) is 5.39. The van der Waals surface area contributed by atoms with Crippen LogP contribution in [0.25, 0.3) is 0 Å². The number of rotatable bonds is 5. The highest BCUT2D eigenvalue weighted by Crippen LogP contribution is 2.09. The maximum atomic E-state index is 11.3. The van der Waals surface area contributed by atoms with E-state index in [0.29, 0.717) is 6.42 Å². The Kier molecular flexibility index (Phi) is 5.16. The summed E-state index contributed by atoms with van der Waals surface area (Å²) in [6.07, 6.45) is 0.348. The van der Waals surface area contributed by atoms with Crippen LogP contribution in [0, 0.1) is 0 Å². The summed E-state index contributed by atoms with van der Waals surface area (Å²) in [5.41, 5.74) is 1.64. The Hall–Kier alpha value is -1.88. The zero-order valence-electron chi connectivity index (χ0n) is 10.0. The van der Waals surface area contributed by atoms with Crippen LogP contribution in [0.5, 0.6) is 0 Å². The fourth-order valence-electron chi connectivity index (χ4n) is 1.35. The third-order valence-corrected chi connectivity index (χ3v) is 2.22. The highest BCUT2D eigenvalue weighted by atomic mass is 16.2. The Balaban J connectivity index is 2.55. The van der Waals surface area contributed by atoms with E-state index < -0.39 is 0 Å². The summed E-state index contributed by atoms with van der Waals surface area (Å²) in [5, 5.41) is 8.06. The second-order valence-corrected chi connectivity index (χ2v) is 3.63. The van der Waals surface area contributed by atoms with Gasteiger partial charge >= 0.3 is 0 Å². The SMILES string of the molecule is CNCC(=O)Nc1ccc(CC(=O)NC)cc1. The molecule has 92 valence electrons. The van der Waals surface area contributed by atoms with Crippen LogP contribution in [0.15, 0.2) is 24.3 Å². The van der Waals surface area contributed by atoms with Crippen molar-refractivity contribution in [3.8, 4) is 0 Å². The molecule has 1 aromatic carbocycles. The first-order chi connectivity index (χ1) is 8.15. The number of anilines is 1. The van der Waals surface area contributed by atoms with E-state index >= 15 is 0 Å². The standard InChI is InChI=1S/C12H17N3O2/c1-13-8-12(17)15-10-5-3-9(4-6-10)7-11(16)14-2/h3-6,13H,7-8H2,1-2H3,(H,14,16)(H,15,17). The smallest absolute Gasteiger partial charge is 0.238 e. The molecule has 2 amide bonds. The van der Waals surface area contributed by atoms with Crippen molar-refractivity contribution < 1.29 is 9.59 Å². The van der Waals surface area contributed by atoms with Crippen LogP contribution >= 0.6 is 0 Å². The summed E-state index contributed by atoms with van der Waals surface area (Å²) in [4.78, 5) is 22.4. The molecule has 3 N–H and O–H groups in total. The van der Waals surface area contributed by atoms with Gasteiger partial charge in [0.25, 0.3) is 0 Å². The van der Waals surface area contributed by atoms with Gasteiger partial charge in [0.2, 0.25) is 11.8 Å². The molecule has 0 unspecified atom stereocenters. The first kappa shape index (κ1) is 13.2. The van der Waals surface area contributed by atoms with Crippen LogP contribution in [-0.4, -0.2) is 32.5 Å². The number of carbonyl (C=O) groups is 2. The van der Waals surface area contributed by atoms with Gasteiger partial charge in [0.1, 0.15) is 0 Å². The first-order valence-corrected chi connectivity index (χ1v) is 5.39. The van der Waals surface area contributed by atoms with Crippen molar-refractivity contribution in [2.24, 2.45) is 0 Å². The average Bonchev–Trinajstić information content (AvgIpc) is 2.32. The van der Waals surface area contributed by atoms with Crippen LogP contribution in [0.3, 0.4) is 0 Å².